The van der Waals surface area contributed by atoms with E-state index in [1.165, 1.54) is 17.3 Å². The molecule has 4 heterocycles. The summed E-state index contributed by atoms with van der Waals surface area (Å²) in [7, 11) is 0. The number of alkyl halides is 2. The third kappa shape index (κ3) is 5.67. The molecule has 1 amide bonds. The van der Waals surface area contributed by atoms with Crippen LogP contribution in [0, 0.1) is 0 Å². The Kier molecular flexibility index (Phi) is 7.52. The average molecular weight is 514 g/mol. The van der Waals surface area contributed by atoms with Crippen molar-refractivity contribution in [3.05, 3.63) is 47.2 Å². The fourth-order valence-electron chi connectivity index (χ4n) is 5.28. The predicted octanol–water partition coefficient (Wildman–Crippen LogP) is 3.15. The minimum atomic E-state index is -2.72. The van der Waals surface area contributed by atoms with E-state index in [4.69, 9.17) is 0 Å². The number of likely N-dealkylation sites (tertiary alicyclic amines) is 1. The standard InChI is InChI=1S/C26H33F2N7O2/c1-16(36)35-10-7-19(8-11-35)31-26-23-22(21(13-30-26)24(27)28)25(33-32-23)29-12-20(37)15-34-9-6-17-4-2-3-5-18(17)14-34/h2-5,13,19-20,24,37H,6-12,14-15H2,1H3,(H,30,31)(H2,29,32,33)/t20-/m1/s1. The Balaban J connectivity index is 1.25. The summed E-state index contributed by atoms with van der Waals surface area (Å²) in [5.41, 5.74) is 2.80. The summed E-state index contributed by atoms with van der Waals surface area (Å²) in [5, 5.41) is 24.5. The Morgan fingerprint density at radius 2 is 1.95 bits per heavy atom. The first kappa shape index (κ1) is 25.3. The third-order valence-electron chi connectivity index (χ3n) is 7.32. The van der Waals surface area contributed by atoms with E-state index in [0.717, 1.165) is 32.4 Å². The largest absolute Gasteiger partial charge is 0.390 e. The number of halogens is 2. The number of benzene rings is 1. The lowest BCUT2D eigenvalue weighted by Gasteiger charge is -2.32. The number of aliphatic hydroxyl groups is 1. The number of aromatic amines is 1. The Morgan fingerprint density at radius 1 is 1.19 bits per heavy atom. The fourth-order valence-corrected chi connectivity index (χ4v) is 5.28. The number of fused-ring (bicyclic) bond motifs is 2. The zero-order chi connectivity index (χ0) is 25.9. The molecule has 0 spiro atoms. The molecule has 0 unspecified atom stereocenters. The smallest absolute Gasteiger partial charge is 0.266 e. The first-order valence-corrected chi connectivity index (χ1v) is 12.8. The molecule has 4 N–H and O–H groups in total. The van der Waals surface area contributed by atoms with Gasteiger partial charge in [0.05, 0.1) is 11.5 Å². The van der Waals surface area contributed by atoms with E-state index >= 15 is 0 Å². The highest BCUT2D eigenvalue weighted by Crippen LogP contribution is 2.35. The molecule has 11 heteroatoms. The van der Waals surface area contributed by atoms with Crippen molar-refractivity contribution in [2.24, 2.45) is 0 Å². The number of nitrogens with zero attached hydrogens (tertiary/aromatic N) is 4. The van der Waals surface area contributed by atoms with Gasteiger partial charge < -0.3 is 20.6 Å². The monoisotopic (exact) mass is 513 g/mol. The van der Waals surface area contributed by atoms with Gasteiger partial charge in [-0.3, -0.25) is 14.8 Å². The van der Waals surface area contributed by atoms with E-state index in [1.54, 1.807) is 11.8 Å². The van der Waals surface area contributed by atoms with Gasteiger partial charge in [-0.25, -0.2) is 13.8 Å². The quantitative estimate of drug-likeness (QED) is 0.366. The maximum atomic E-state index is 13.9. The molecule has 1 aromatic carbocycles. The van der Waals surface area contributed by atoms with Crippen LogP contribution in [0.5, 0.6) is 0 Å². The van der Waals surface area contributed by atoms with Gasteiger partial charge in [0, 0.05) is 64.0 Å². The molecule has 9 nitrogen and oxygen atoms in total. The molecule has 0 bridgehead atoms. The minimum Gasteiger partial charge on any atom is -0.390 e. The van der Waals surface area contributed by atoms with E-state index in [0.29, 0.717) is 31.0 Å². The Hall–Kier alpha value is -3.31. The lowest BCUT2D eigenvalue weighted by molar-refractivity contribution is -0.129. The van der Waals surface area contributed by atoms with Crippen LogP contribution in [0.2, 0.25) is 0 Å². The van der Waals surface area contributed by atoms with Gasteiger partial charge in [0.15, 0.2) is 11.6 Å². The molecule has 37 heavy (non-hydrogen) atoms. The molecular weight excluding hydrogens is 480 g/mol. The van der Waals surface area contributed by atoms with Gasteiger partial charge in [-0.1, -0.05) is 24.3 Å². The average Bonchev–Trinajstić information content (AvgIpc) is 3.32. The number of carbonyl (C=O) groups excluding carboxylic acids is 1. The normalized spacial score (nSPS) is 17.7. The Bertz CT molecular complexity index is 1240. The summed E-state index contributed by atoms with van der Waals surface area (Å²) < 4.78 is 27.7. The maximum Gasteiger partial charge on any atom is 0.266 e. The number of hydrogen-bond donors (Lipinski definition) is 4. The van der Waals surface area contributed by atoms with Crippen LogP contribution in [0.25, 0.3) is 10.9 Å². The predicted molar refractivity (Wildman–Crippen MR) is 138 cm³/mol. The number of β-amino-alcohol motifs (C(OH)–C–C–N with tert-alkyl or cyclic N) is 1. The SMILES string of the molecule is CC(=O)N1CCC(Nc2ncc(C(F)F)c3c(NC[C@@H](O)CN4CCc5ccccc5C4)n[nH]c23)CC1. The molecule has 0 saturated carbocycles. The van der Waals surface area contributed by atoms with E-state index in [1.807, 2.05) is 12.1 Å². The van der Waals surface area contributed by atoms with Gasteiger partial charge in [-0.05, 0) is 30.4 Å². The van der Waals surface area contributed by atoms with E-state index < -0.39 is 12.5 Å². The summed E-state index contributed by atoms with van der Waals surface area (Å²) in [6, 6.07) is 8.39. The van der Waals surface area contributed by atoms with Crippen LogP contribution in [-0.2, 0) is 17.8 Å². The fraction of sp³-hybridized carbons (Fsp3) is 0.500. The van der Waals surface area contributed by atoms with Crippen LogP contribution in [0.1, 0.15) is 42.9 Å². The summed E-state index contributed by atoms with van der Waals surface area (Å²) in [5.74, 6) is 0.774. The van der Waals surface area contributed by atoms with Crippen LogP contribution < -0.4 is 10.6 Å². The topological polar surface area (TPSA) is 109 Å². The van der Waals surface area contributed by atoms with Crippen LogP contribution in [0.15, 0.2) is 30.5 Å². The molecule has 2 aliphatic heterocycles. The highest BCUT2D eigenvalue weighted by atomic mass is 19.3. The van der Waals surface area contributed by atoms with Gasteiger partial charge in [-0.2, -0.15) is 5.10 Å². The van der Waals surface area contributed by atoms with Crippen LogP contribution in [0.4, 0.5) is 20.4 Å². The van der Waals surface area contributed by atoms with Crippen LogP contribution in [0.3, 0.4) is 0 Å². The highest BCUT2D eigenvalue weighted by molar-refractivity contribution is 5.98. The first-order chi connectivity index (χ1) is 17.9. The zero-order valence-electron chi connectivity index (χ0n) is 20.9. The molecule has 198 valence electrons. The Morgan fingerprint density at radius 3 is 2.68 bits per heavy atom. The molecule has 5 rings (SSSR count). The third-order valence-corrected chi connectivity index (χ3v) is 7.32. The molecule has 0 aliphatic carbocycles. The number of rotatable bonds is 8. The molecule has 1 saturated heterocycles. The Labute approximate surface area is 214 Å². The molecule has 0 radical (unpaired) electrons. The number of pyridine rings is 1. The molecular formula is C26H33F2N7O2. The number of H-pyrrole nitrogens is 1. The summed E-state index contributed by atoms with van der Waals surface area (Å²) >= 11 is 0. The molecule has 1 atom stereocenters. The second kappa shape index (κ2) is 11.0. The van der Waals surface area contributed by atoms with E-state index in [2.05, 4.69) is 42.8 Å². The van der Waals surface area contributed by atoms with Gasteiger partial charge in [0.25, 0.3) is 6.43 Å². The van der Waals surface area contributed by atoms with Gasteiger partial charge in [-0.15, -0.1) is 0 Å². The van der Waals surface area contributed by atoms with Gasteiger partial charge >= 0.3 is 0 Å². The molecule has 3 aromatic rings. The second-order valence-electron chi connectivity index (χ2n) is 9.90. The van der Waals surface area contributed by atoms with Crippen molar-refractivity contribution in [1.29, 1.82) is 0 Å². The number of piperidine rings is 1. The van der Waals surface area contributed by atoms with Gasteiger partial charge in [0.2, 0.25) is 5.91 Å². The molecule has 1 fully saturated rings. The van der Waals surface area contributed by atoms with E-state index in [-0.39, 0.29) is 35.3 Å². The minimum absolute atomic E-state index is 0.0526. The number of amides is 1. The van der Waals surface area contributed by atoms with Crippen molar-refractivity contribution in [1.82, 2.24) is 25.0 Å². The summed E-state index contributed by atoms with van der Waals surface area (Å²) in [4.78, 5) is 19.8. The number of carbonyl (C=O) groups is 1. The second-order valence-corrected chi connectivity index (χ2v) is 9.90. The maximum absolute atomic E-state index is 13.9. The number of anilines is 2. The summed E-state index contributed by atoms with van der Waals surface area (Å²) in [6.07, 6.45) is 0.186. The lowest BCUT2D eigenvalue weighted by Crippen LogP contribution is -2.41. The van der Waals surface area contributed by atoms with Crippen molar-refractivity contribution < 1.29 is 18.7 Å². The van der Waals surface area contributed by atoms with Crippen molar-refractivity contribution in [2.75, 3.05) is 43.4 Å². The van der Waals surface area contributed by atoms with Crippen molar-refractivity contribution >= 4 is 28.4 Å². The van der Waals surface area contributed by atoms with E-state index in [9.17, 15) is 18.7 Å². The summed E-state index contributed by atoms with van der Waals surface area (Å²) in [6.45, 7) is 5.13. The first-order valence-electron chi connectivity index (χ1n) is 12.8. The number of nitrogens with one attached hydrogen (secondary N) is 3. The van der Waals surface area contributed by atoms with Gasteiger partial charge in [0.1, 0.15) is 5.52 Å². The van der Waals surface area contributed by atoms with Crippen LogP contribution in [-0.4, -0.2) is 80.9 Å². The highest BCUT2D eigenvalue weighted by Gasteiger charge is 2.25. The molecule has 2 aliphatic rings. The number of hydrogen-bond acceptors (Lipinski definition) is 7. The van der Waals surface area contributed by atoms with Crippen LogP contribution >= 0.6 is 0 Å². The van der Waals surface area contributed by atoms with Crippen molar-refractivity contribution in [2.45, 2.75) is 51.3 Å². The van der Waals surface area contributed by atoms with Crippen molar-refractivity contribution in [3.63, 3.8) is 0 Å². The van der Waals surface area contributed by atoms with Crippen molar-refractivity contribution in [3.8, 4) is 0 Å². The number of aromatic nitrogens is 3. The lowest BCUT2D eigenvalue weighted by atomic mass is 10.00. The molecule has 2 aromatic heterocycles. The number of aliphatic hydroxyl groups excluding tert-OH is 1. The zero-order valence-corrected chi connectivity index (χ0v) is 20.9.